The number of hydrogen-bond acceptors (Lipinski definition) is 7. The molecule has 0 radical (unpaired) electrons. The number of hydrogen-bond donors (Lipinski definition) is 2. The first-order chi connectivity index (χ1) is 12.5. The molecule has 26 heavy (non-hydrogen) atoms. The van der Waals surface area contributed by atoms with Crippen molar-refractivity contribution in [1.29, 1.82) is 0 Å². The fourth-order valence-corrected chi connectivity index (χ4v) is 4.71. The first-order valence-corrected chi connectivity index (χ1v) is 10.4. The van der Waals surface area contributed by atoms with E-state index < -0.39 is 10.0 Å². The van der Waals surface area contributed by atoms with Crippen molar-refractivity contribution in [3.8, 4) is 5.82 Å². The van der Waals surface area contributed by atoms with Crippen molar-refractivity contribution in [2.45, 2.75) is 24.5 Å². The predicted octanol–water partition coefficient (Wildman–Crippen LogP) is 1.99. The zero-order chi connectivity index (χ0) is 18.6. The summed E-state index contributed by atoms with van der Waals surface area (Å²) in [6, 6.07) is 5.28. The van der Waals surface area contributed by atoms with Gasteiger partial charge in [-0.2, -0.15) is 0 Å². The van der Waals surface area contributed by atoms with E-state index in [2.05, 4.69) is 25.0 Å². The number of nitrogens with zero attached hydrogens (tertiary/aromatic N) is 4. The Morgan fingerprint density at radius 1 is 1.19 bits per heavy atom. The normalized spacial score (nSPS) is 11.6. The summed E-state index contributed by atoms with van der Waals surface area (Å²) in [6.07, 6.45) is 5.81. The van der Waals surface area contributed by atoms with E-state index in [0.29, 0.717) is 22.4 Å². The molecule has 0 aliphatic carbocycles. The fraction of sp³-hybridized carbons (Fsp3) is 0.312. The van der Waals surface area contributed by atoms with Gasteiger partial charge in [0.1, 0.15) is 28.0 Å². The third-order valence-electron chi connectivity index (χ3n) is 3.70. The molecule has 0 bridgehead atoms. The van der Waals surface area contributed by atoms with Gasteiger partial charge in [-0.1, -0.05) is 6.92 Å². The van der Waals surface area contributed by atoms with Crippen LogP contribution in [0.3, 0.4) is 0 Å². The number of aryl methyl sites for hydroxylation is 2. The molecule has 138 valence electrons. The van der Waals surface area contributed by atoms with Crippen molar-refractivity contribution in [2.24, 2.45) is 0 Å². The quantitative estimate of drug-likeness (QED) is 0.569. The Labute approximate surface area is 156 Å². The lowest BCUT2D eigenvalue weighted by molar-refractivity contribution is 0.585. The third kappa shape index (κ3) is 4.26. The SMILES string of the molecule is CCc1ccc(S(=O)(=O)NCCNc2cc(-n3ccnc3C)ncn2)s1. The number of thiophene rings is 1. The molecule has 0 amide bonds. The van der Waals surface area contributed by atoms with Gasteiger partial charge in [-0.25, -0.2) is 28.1 Å². The van der Waals surface area contributed by atoms with E-state index >= 15 is 0 Å². The Bertz CT molecular complexity index is 980. The van der Waals surface area contributed by atoms with Crippen LogP contribution in [0.4, 0.5) is 5.82 Å². The smallest absolute Gasteiger partial charge is 0.250 e. The maximum Gasteiger partial charge on any atom is 0.250 e. The van der Waals surface area contributed by atoms with Crippen LogP contribution in [0.15, 0.2) is 41.1 Å². The average Bonchev–Trinajstić information content (AvgIpc) is 3.28. The van der Waals surface area contributed by atoms with Crippen molar-refractivity contribution in [3.63, 3.8) is 0 Å². The molecule has 2 N–H and O–H groups in total. The van der Waals surface area contributed by atoms with Crippen LogP contribution in [0, 0.1) is 6.92 Å². The number of rotatable bonds is 8. The summed E-state index contributed by atoms with van der Waals surface area (Å²) in [5, 5.41) is 3.10. The van der Waals surface area contributed by atoms with E-state index in [1.165, 1.54) is 17.7 Å². The summed E-state index contributed by atoms with van der Waals surface area (Å²) in [4.78, 5) is 13.6. The van der Waals surface area contributed by atoms with Gasteiger partial charge < -0.3 is 5.32 Å². The van der Waals surface area contributed by atoms with Crippen LogP contribution in [0.25, 0.3) is 5.82 Å². The summed E-state index contributed by atoms with van der Waals surface area (Å²) in [7, 11) is -3.47. The summed E-state index contributed by atoms with van der Waals surface area (Å²) < 4.78 is 29.3. The maximum atomic E-state index is 12.3. The van der Waals surface area contributed by atoms with Crippen LogP contribution in [0.2, 0.25) is 0 Å². The Hall–Kier alpha value is -2.30. The number of imidazole rings is 1. The van der Waals surface area contributed by atoms with Crippen molar-refractivity contribution < 1.29 is 8.42 Å². The molecule has 3 aromatic heterocycles. The van der Waals surface area contributed by atoms with Gasteiger partial charge in [0, 0.05) is 36.4 Å². The third-order valence-corrected chi connectivity index (χ3v) is 6.88. The molecule has 0 aromatic carbocycles. The van der Waals surface area contributed by atoms with Gasteiger partial charge in [0.25, 0.3) is 0 Å². The largest absolute Gasteiger partial charge is 0.369 e. The Kier molecular flexibility index (Phi) is 5.64. The van der Waals surface area contributed by atoms with Crippen molar-refractivity contribution in [3.05, 3.63) is 47.6 Å². The molecule has 0 atom stereocenters. The molecule has 3 aromatic rings. The summed E-state index contributed by atoms with van der Waals surface area (Å²) in [5.74, 6) is 2.14. The minimum atomic E-state index is -3.47. The molecule has 0 spiro atoms. The van der Waals surface area contributed by atoms with Crippen molar-refractivity contribution >= 4 is 27.2 Å². The molecule has 0 fully saturated rings. The van der Waals surface area contributed by atoms with Crippen molar-refractivity contribution in [1.82, 2.24) is 24.2 Å². The molecule has 3 heterocycles. The molecule has 8 nitrogen and oxygen atoms in total. The molecule has 0 saturated heterocycles. The Morgan fingerprint density at radius 2 is 2.04 bits per heavy atom. The van der Waals surface area contributed by atoms with Crippen molar-refractivity contribution in [2.75, 3.05) is 18.4 Å². The van der Waals surface area contributed by atoms with Gasteiger partial charge in [0.2, 0.25) is 10.0 Å². The Morgan fingerprint density at radius 3 is 2.73 bits per heavy atom. The maximum absolute atomic E-state index is 12.3. The number of anilines is 1. The lowest BCUT2D eigenvalue weighted by atomic mass is 10.4. The van der Waals surface area contributed by atoms with Crippen LogP contribution >= 0.6 is 11.3 Å². The van der Waals surface area contributed by atoms with Crippen LogP contribution in [-0.4, -0.2) is 41.0 Å². The van der Waals surface area contributed by atoms with E-state index in [9.17, 15) is 8.42 Å². The second-order valence-corrected chi connectivity index (χ2v) is 8.67. The van der Waals surface area contributed by atoms with Gasteiger partial charge in [-0.3, -0.25) is 4.57 Å². The van der Waals surface area contributed by atoms with Gasteiger partial charge in [-0.05, 0) is 25.5 Å². The van der Waals surface area contributed by atoms with Gasteiger partial charge in [0.05, 0.1) is 0 Å². The lowest BCUT2D eigenvalue weighted by Gasteiger charge is -2.09. The van der Waals surface area contributed by atoms with Crippen LogP contribution in [-0.2, 0) is 16.4 Å². The molecular formula is C16H20N6O2S2. The topological polar surface area (TPSA) is 102 Å². The predicted molar refractivity (Wildman–Crippen MR) is 101 cm³/mol. The number of aromatic nitrogens is 4. The zero-order valence-corrected chi connectivity index (χ0v) is 16.1. The van der Waals surface area contributed by atoms with E-state index in [0.717, 1.165) is 17.1 Å². The monoisotopic (exact) mass is 392 g/mol. The first-order valence-electron chi connectivity index (χ1n) is 8.14. The lowest BCUT2D eigenvalue weighted by Crippen LogP contribution is -2.28. The minimum Gasteiger partial charge on any atom is -0.369 e. The van der Waals surface area contributed by atoms with Crippen LogP contribution in [0.1, 0.15) is 17.6 Å². The van der Waals surface area contributed by atoms with E-state index in [-0.39, 0.29) is 6.54 Å². The standard InChI is InChI=1S/C16H20N6O2S2/c1-3-13-4-5-16(25-13)26(23,24)21-7-6-18-14-10-15(20-11-19-14)22-9-8-17-12(22)2/h4-5,8-11,21H,3,6-7H2,1-2H3,(H,18,19,20). The number of sulfonamides is 1. The van der Waals surface area contributed by atoms with Crippen LogP contribution in [0.5, 0.6) is 0 Å². The van der Waals surface area contributed by atoms with Gasteiger partial charge in [0.15, 0.2) is 0 Å². The van der Waals surface area contributed by atoms with Gasteiger partial charge in [-0.15, -0.1) is 11.3 Å². The molecule has 0 aliphatic rings. The first kappa shape index (κ1) is 18.5. The summed E-state index contributed by atoms with van der Waals surface area (Å²) in [6.45, 7) is 4.55. The average molecular weight is 393 g/mol. The Balaban J connectivity index is 1.56. The highest BCUT2D eigenvalue weighted by Crippen LogP contribution is 2.21. The highest BCUT2D eigenvalue weighted by atomic mass is 32.2. The van der Waals surface area contributed by atoms with E-state index in [1.807, 2.05) is 30.7 Å². The minimum absolute atomic E-state index is 0.255. The van der Waals surface area contributed by atoms with Crippen LogP contribution < -0.4 is 10.0 Å². The molecule has 10 heteroatoms. The molecule has 0 aliphatic heterocycles. The molecular weight excluding hydrogens is 372 g/mol. The molecule has 0 unspecified atom stereocenters. The summed E-state index contributed by atoms with van der Waals surface area (Å²) >= 11 is 1.30. The fourth-order valence-electron chi connectivity index (χ4n) is 2.34. The van der Waals surface area contributed by atoms with E-state index in [1.54, 1.807) is 18.3 Å². The molecule has 0 saturated carbocycles. The highest BCUT2D eigenvalue weighted by Gasteiger charge is 2.15. The second kappa shape index (κ2) is 7.94. The molecule has 3 rings (SSSR count). The van der Waals surface area contributed by atoms with E-state index in [4.69, 9.17) is 0 Å². The second-order valence-electron chi connectivity index (χ2n) is 5.50. The van der Waals surface area contributed by atoms with Gasteiger partial charge >= 0.3 is 0 Å². The summed E-state index contributed by atoms with van der Waals surface area (Å²) in [5.41, 5.74) is 0. The number of nitrogens with one attached hydrogen (secondary N) is 2. The zero-order valence-electron chi connectivity index (χ0n) is 14.5. The highest BCUT2D eigenvalue weighted by molar-refractivity contribution is 7.91.